The molecule has 5 heteroatoms. The Bertz CT molecular complexity index is 1190. The van der Waals surface area contributed by atoms with Crippen LogP contribution < -0.4 is 9.47 Å². The summed E-state index contributed by atoms with van der Waals surface area (Å²) in [6, 6.07) is 35.4. The Hall–Kier alpha value is -3.70. The van der Waals surface area contributed by atoms with E-state index in [1.807, 2.05) is 24.3 Å². The minimum absolute atomic E-state index is 0.725. The van der Waals surface area contributed by atoms with E-state index >= 15 is 0 Å². The van der Waals surface area contributed by atoms with Crippen molar-refractivity contribution >= 4 is 22.6 Å². The van der Waals surface area contributed by atoms with E-state index in [2.05, 4.69) is 90.7 Å². The summed E-state index contributed by atoms with van der Waals surface area (Å²) in [7, 11) is 3.38. The topological polar surface area (TPSA) is 34.1 Å². The number of aliphatic imine (C=N–C) groups is 1. The highest BCUT2D eigenvalue weighted by Crippen LogP contribution is 2.25. The van der Waals surface area contributed by atoms with E-state index < -0.39 is 0 Å². The lowest BCUT2D eigenvalue weighted by molar-refractivity contribution is 0.405. The molecule has 0 atom stereocenters. The molecule has 4 nitrogen and oxygen atoms in total. The van der Waals surface area contributed by atoms with Crippen molar-refractivity contribution in [2.24, 2.45) is 4.99 Å². The lowest BCUT2D eigenvalue weighted by Gasteiger charge is -2.26. The highest BCUT2D eigenvalue weighted by molar-refractivity contribution is 8.13. The SMILES string of the molecule is COc1ccc(CN(Cc2ccc(OC)cc2)C(=Nc2ccc(C)cc2)SCc2ccccc2)cc1. The molecule has 0 bridgehead atoms. The number of thioether (sulfide) groups is 1. The van der Waals surface area contributed by atoms with Gasteiger partial charge in [-0.3, -0.25) is 0 Å². The Labute approximate surface area is 218 Å². The number of amidine groups is 1. The van der Waals surface area contributed by atoms with E-state index in [9.17, 15) is 0 Å². The van der Waals surface area contributed by atoms with Gasteiger partial charge in [0.05, 0.1) is 19.9 Å². The van der Waals surface area contributed by atoms with Crippen molar-refractivity contribution in [1.82, 2.24) is 4.90 Å². The van der Waals surface area contributed by atoms with E-state index in [0.29, 0.717) is 0 Å². The molecular weight excluding hydrogens is 464 g/mol. The standard InChI is InChI=1S/C31H32N2O2S/c1-24-9-15-28(16-10-24)32-31(36-23-27-7-5-4-6-8-27)33(21-25-11-17-29(34-2)18-12-25)22-26-13-19-30(35-3)20-14-26/h4-20H,21-23H2,1-3H3. The van der Waals surface area contributed by atoms with Gasteiger partial charge in [0.2, 0.25) is 0 Å². The third-order valence-electron chi connectivity index (χ3n) is 5.80. The fourth-order valence-corrected chi connectivity index (χ4v) is 4.71. The molecule has 184 valence electrons. The molecule has 36 heavy (non-hydrogen) atoms. The van der Waals surface area contributed by atoms with E-state index in [4.69, 9.17) is 14.5 Å². The van der Waals surface area contributed by atoms with Gasteiger partial charge >= 0.3 is 0 Å². The van der Waals surface area contributed by atoms with Crippen molar-refractivity contribution in [3.63, 3.8) is 0 Å². The quantitative estimate of drug-likeness (QED) is 0.176. The van der Waals surface area contributed by atoms with Crippen molar-refractivity contribution in [2.45, 2.75) is 25.8 Å². The third kappa shape index (κ3) is 7.40. The highest BCUT2D eigenvalue weighted by atomic mass is 32.2. The molecule has 0 aliphatic heterocycles. The second kappa shape index (κ2) is 12.8. The fourth-order valence-electron chi connectivity index (χ4n) is 3.74. The molecule has 4 aromatic carbocycles. The molecule has 0 amide bonds. The molecule has 4 aromatic rings. The molecule has 0 aliphatic rings. The minimum atomic E-state index is 0.725. The summed E-state index contributed by atoms with van der Waals surface area (Å²) in [6.07, 6.45) is 0. The predicted molar refractivity (Wildman–Crippen MR) is 151 cm³/mol. The maximum absolute atomic E-state index is 5.36. The summed E-state index contributed by atoms with van der Waals surface area (Å²) in [5.41, 5.74) is 5.83. The molecule has 4 rings (SSSR count). The Morgan fingerprint density at radius 3 is 1.69 bits per heavy atom. The summed E-state index contributed by atoms with van der Waals surface area (Å²) in [5, 5.41) is 0.981. The number of methoxy groups -OCH3 is 2. The lowest BCUT2D eigenvalue weighted by Crippen LogP contribution is -2.28. The van der Waals surface area contributed by atoms with Crippen LogP contribution in [0.1, 0.15) is 22.3 Å². The minimum Gasteiger partial charge on any atom is -0.497 e. The number of ether oxygens (including phenoxy) is 2. The van der Waals surface area contributed by atoms with Crippen LogP contribution in [-0.4, -0.2) is 24.3 Å². The molecule has 0 saturated carbocycles. The predicted octanol–water partition coefficient (Wildman–Crippen LogP) is 7.64. The first-order valence-corrected chi connectivity index (χ1v) is 12.9. The van der Waals surface area contributed by atoms with Gasteiger partial charge in [-0.1, -0.05) is 84.1 Å². The van der Waals surface area contributed by atoms with Crippen LogP contribution in [0.15, 0.2) is 108 Å². The van der Waals surface area contributed by atoms with Gasteiger partial charge in [0.1, 0.15) is 11.5 Å². The highest BCUT2D eigenvalue weighted by Gasteiger charge is 2.15. The third-order valence-corrected chi connectivity index (χ3v) is 6.89. The lowest BCUT2D eigenvalue weighted by atomic mass is 10.1. The number of rotatable bonds is 9. The molecule has 0 unspecified atom stereocenters. The van der Waals surface area contributed by atoms with Gasteiger partial charge in [0.15, 0.2) is 5.17 Å². The maximum Gasteiger partial charge on any atom is 0.165 e. The van der Waals surface area contributed by atoms with Crippen LogP contribution in [0.4, 0.5) is 5.69 Å². The van der Waals surface area contributed by atoms with Crippen molar-refractivity contribution in [2.75, 3.05) is 14.2 Å². The van der Waals surface area contributed by atoms with Crippen LogP contribution >= 0.6 is 11.8 Å². The van der Waals surface area contributed by atoms with Crippen LogP contribution in [0.2, 0.25) is 0 Å². The summed E-state index contributed by atoms with van der Waals surface area (Å²) in [6.45, 7) is 3.54. The number of aryl methyl sites for hydroxylation is 1. The van der Waals surface area contributed by atoms with Crippen LogP contribution in [0.3, 0.4) is 0 Å². The Morgan fingerprint density at radius 1 is 0.667 bits per heavy atom. The van der Waals surface area contributed by atoms with Crippen molar-refractivity contribution in [3.05, 3.63) is 125 Å². The molecule has 0 aromatic heterocycles. The summed E-state index contributed by atoms with van der Waals surface area (Å²) in [5.74, 6) is 2.55. The van der Waals surface area contributed by atoms with E-state index in [1.54, 1.807) is 26.0 Å². The molecule has 0 radical (unpaired) electrons. The molecule has 0 fully saturated rings. The molecule has 0 aliphatic carbocycles. The summed E-state index contributed by atoms with van der Waals surface area (Å²) >= 11 is 1.76. The zero-order valence-corrected chi connectivity index (χ0v) is 21.9. The van der Waals surface area contributed by atoms with Gasteiger partial charge in [0, 0.05) is 18.8 Å². The molecule has 0 saturated heterocycles. The van der Waals surface area contributed by atoms with Crippen molar-refractivity contribution in [1.29, 1.82) is 0 Å². The fraction of sp³-hybridized carbons (Fsp3) is 0.194. The van der Waals surface area contributed by atoms with E-state index in [-0.39, 0.29) is 0 Å². The second-order valence-corrected chi connectivity index (χ2v) is 9.50. The zero-order chi connectivity index (χ0) is 25.2. The number of benzene rings is 4. The Morgan fingerprint density at radius 2 is 1.19 bits per heavy atom. The van der Waals surface area contributed by atoms with Crippen LogP contribution in [0, 0.1) is 6.92 Å². The van der Waals surface area contributed by atoms with Crippen LogP contribution in [-0.2, 0) is 18.8 Å². The molecule has 0 spiro atoms. The van der Waals surface area contributed by atoms with E-state index in [0.717, 1.165) is 41.2 Å². The van der Waals surface area contributed by atoms with Gasteiger partial charge in [-0.15, -0.1) is 0 Å². The zero-order valence-electron chi connectivity index (χ0n) is 21.1. The number of nitrogens with zero attached hydrogens (tertiary/aromatic N) is 2. The van der Waals surface area contributed by atoms with Gasteiger partial charge in [-0.05, 0) is 60.0 Å². The molecular formula is C31H32N2O2S. The Kier molecular flexibility index (Phi) is 9.06. The molecule has 0 heterocycles. The maximum atomic E-state index is 5.36. The summed E-state index contributed by atoms with van der Waals surface area (Å²) in [4.78, 5) is 7.48. The average Bonchev–Trinajstić information content (AvgIpc) is 2.93. The monoisotopic (exact) mass is 496 g/mol. The number of hydrogen-bond donors (Lipinski definition) is 0. The first-order chi connectivity index (χ1) is 17.6. The van der Waals surface area contributed by atoms with Crippen molar-refractivity contribution < 1.29 is 9.47 Å². The number of hydrogen-bond acceptors (Lipinski definition) is 4. The van der Waals surface area contributed by atoms with Gasteiger partial charge in [0.25, 0.3) is 0 Å². The van der Waals surface area contributed by atoms with Gasteiger partial charge in [-0.25, -0.2) is 4.99 Å². The summed E-state index contributed by atoms with van der Waals surface area (Å²) < 4.78 is 10.7. The largest absolute Gasteiger partial charge is 0.497 e. The van der Waals surface area contributed by atoms with Crippen molar-refractivity contribution in [3.8, 4) is 11.5 Å². The van der Waals surface area contributed by atoms with Gasteiger partial charge in [-0.2, -0.15) is 0 Å². The Balaban J connectivity index is 1.67. The van der Waals surface area contributed by atoms with Crippen LogP contribution in [0.25, 0.3) is 0 Å². The first kappa shape index (κ1) is 25.4. The smallest absolute Gasteiger partial charge is 0.165 e. The van der Waals surface area contributed by atoms with Crippen LogP contribution in [0.5, 0.6) is 11.5 Å². The average molecular weight is 497 g/mol. The van der Waals surface area contributed by atoms with E-state index in [1.165, 1.54) is 22.3 Å². The second-order valence-electron chi connectivity index (χ2n) is 8.56. The normalized spacial score (nSPS) is 11.2. The first-order valence-electron chi connectivity index (χ1n) is 12.0. The van der Waals surface area contributed by atoms with Gasteiger partial charge < -0.3 is 14.4 Å². The molecule has 0 N–H and O–H groups in total.